The number of halogens is 3. The van der Waals surface area contributed by atoms with Gasteiger partial charge in [-0.2, -0.15) is 17.5 Å². The van der Waals surface area contributed by atoms with E-state index in [0.717, 1.165) is 11.5 Å². The molecule has 1 rings (SSSR count). The summed E-state index contributed by atoms with van der Waals surface area (Å²) in [6.45, 7) is 2.36. The first-order valence-corrected chi connectivity index (χ1v) is 5.38. The number of rotatable bonds is 5. The van der Waals surface area contributed by atoms with Gasteiger partial charge in [-0.05, 0) is 13.8 Å². The highest BCUT2D eigenvalue weighted by Gasteiger charge is 2.27. The Hall–Kier alpha value is -0.890. The summed E-state index contributed by atoms with van der Waals surface area (Å²) in [6, 6.07) is 0.205. The molecular formula is C8H12F3N3OS. The summed E-state index contributed by atoms with van der Waals surface area (Å²) in [5.74, 6) is 0.261. The van der Waals surface area contributed by atoms with E-state index in [1.165, 1.54) is 0 Å². The smallest absolute Gasteiger partial charge is 0.364 e. The van der Waals surface area contributed by atoms with Crippen molar-refractivity contribution in [2.45, 2.75) is 32.7 Å². The van der Waals surface area contributed by atoms with E-state index >= 15 is 0 Å². The van der Waals surface area contributed by atoms with E-state index in [-0.39, 0.29) is 18.5 Å². The lowest BCUT2D eigenvalue weighted by Crippen LogP contribution is -2.17. The Morgan fingerprint density at radius 1 is 1.44 bits per heavy atom. The molecule has 0 aliphatic heterocycles. The van der Waals surface area contributed by atoms with Crippen LogP contribution in [0.1, 0.15) is 19.7 Å². The molecule has 0 saturated heterocycles. The zero-order valence-corrected chi connectivity index (χ0v) is 9.65. The van der Waals surface area contributed by atoms with E-state index in [9.17, 15) is 13.2 Å². The average Bonchev–Trinajstić information content (AvgIpc) is 2.49. The molecule has 4 nitrogen and oxygen atoms in total. The Morgan fingerprint density at radius 2 is 2.12 bits per heavy atom. The van der Waals surface area contributed by atoms with Gasteiger partial charge in [0, 0.05) is 17.6 Å². The van der Waals surface area contributed by atoms with Gasteiger partial charge in [0.25, 0.3) is 0 Å². The quantitative estimate of drug-likeness (QED) is 0.877. The van der Waals surface area contributed by atoms with Gasteiger partial charge >= 0.3 is 6.18 Å². The van der Waals surface area contributed by atoms with Crippen molar-refractivity contribution in [3.8, 4) is 0 Å². The van der Waals surface area contributed by atoms with Crippen molar-refractivity contribution in [2.24, 2.45) is 0 Å². The number of anilines is 1. The summed E-state index contributed by atoms with van der Waals surface area (Å²) in [6.07, 6.45) is -4.31. The van der Waals surface area contributed by atoms with E-state index < -0.39 is 12.8 Å². The van der Waals surface area contributed by atoms with Crippen LogP contribution in [0.3, 0.4) is 0 Å². The third-order valence-electron chi connectivity index (χ3n) is 1.38. The first-order chi connectivity index (χ1) is 7.37. The minimum absolute atomic E-state index is 0.205. The van der Waals surface area contributed by atoms with Crippen molar-refractivity contribution in [1.29, 1.82) is 0 Å². The van der Waals surface area contributed by atoms with Crippen LogP contribution in [-0.4, -0.2) is 28.2 Å². The molecule has 0 aromatic carbocycles. The first kappa shape index (κ1) is 13.2. The highest BCUT2D eigenvalue weighted by molar-refractivity contribution is 7.09. The van der Waals surface area contributed by atoms with Crippen molar-refractivity contribution >= 4 is 16.7 Å². The Labute approximate surface area is 95.0 Å². The lowest BCUT2D eigenvalue weighted by atomic mass is 10.4. The third-order valence-corrected chi connectivity index (χ3v) is 2.06. The molecule has 0 aliphatic rings. The van der Waals surface area contributed by atoms with Gasteiger partial charge in [0.1, 0.15) is 13.2 Å². The summed E-state index contributed by atoms with van der Waals surface area (Å²) < 4.78 is 43.6. The van der Waals surface area contributed by atoms with Gasteiger partial charge in [0.05, 0.1) is 0 Å². The predicted octanol–water partition coefficient (Wildman–Crippen LogP) is 2.44. The normalized spacial score (nSPS) is 12.1. The second-order valence-corrected chi connectivity index (χ2v) is 4.17. The van der Waals surface area contributed by atoms with Crippen molar-refractivity contribution in [3.63, 3.8) is 0 Å². The molecular weight excluding hydrogens is 243 g/mol. The minimum Gasteiger partial charge on any atom is -0.364 e. The number of hydrogen-bond acceptors (Lipinski definition) is 5. The fourth-order valence-electron chi connectivity index (χ4n) is 0.876. The molecule has 0 bridgehead atoms. The van der Waals surface area contributed by atoms with E-state index in [1.807, 2.05) is 13.8 Å². The molecule has 1 heterocycles. The molecule has 0 aliphatic carbocycles. The Bertz CT molecular complexity index is 327. The maximum absolute atomic E-state index is 11.8. The first-order valence-electron chi connectivity index (χ1n) is 4.60. The molecule has 92 valence electrons. The van der Waals surface area contributed by atoms with Gasteiger partial charge in [0.2, 0.25) is 5.13 Å². The van der Waals surface area contributed by atoms with Gasteiger partial charge in [-0.1, -0.05) is 0 Å². The molecule has 0 unspecified atom stereocenters. The van der Waals surface area contributed by atoms with Crippen molar-refractivity contribution in [2.75, 3.05) is 11.9 Å². The van der Waals surface area contributed by atoms with E-state index in [1.54, 1.807) is 0 Å². The lowest BCUT2D eigenvalue weighted by molar-refractivity contribution is -0.177. The van der Waals surface area contributed by atoms with Gasteiger partial charge in [-0.3, -0.25) is 0 Å². The van der Waals surface area contributed by atoms with Crippen LogP contribution in [0.2, 0.25) is 0 Å². The Kier molecular flexibility index (Phi) is 4.48. The number of nitrogens with zero attached hydrogens (tertiary/aromatic N) is 2. The summed E-state index contributed by atoms with van der Waals surface area (Å²) in [4.78, 5) is 3.97. The summed E-state index contributed by atoms with van der Waals surface area (Å²) >= 11 is 1.10. The Balaban J connectivity index is 2.35. The molecule has 8 heteroatoms. The second kappa shape index (κ2) is 5.44. The average molecular weight is 255 g/mol. The van der Waals surface area contributed by atoms with Gasteiger partial charge in [0.15, 0.2) is 5.82 Å². The standard InChI is InChI=1S/C8H12F3N3OS/c1-5(2)12-7-13-6(14-16-7)3-15-4-8(9,10)11/h5H,3-4H2,1-2H3,(H,12,13,14). The lowest BCUT2D eigenvalue weighted by Gasteiger charge is -2.05. The molecule has 0 radical (unpaired) electrons. The van der Waals surface area contributed by atoms with Gasteiger partial charge in [-0.25, -0.2) is 4.98 Å². The summed E-state index contributed by atoms with van der Waals surface area (Å²) in [5, 5.41) is 3.58. The largest absolute Gasteiger partial charge is 0.411 e. The monoisotopic (exact) mass is 255 g/mol. The molecule has 1 aromatic rings. The highest BCUT2D eigenvalue weighted by atomic mass is 32.1. The molecule has 0 amide bonds. The van der Waals surface area contributed by atoms with Crippen LogP contribution in [0, 0.1) is 0 Å². The molecule has 0 saturated carbocycles. The maximum Gasteiger partial charge on any atom is 0.411 e. The number of aromatic nitrogens is 2. The maximum atomic E-state index is 11.8. The van der Waals surface area contributed by atoms with Crippen LogP contribution in [0.4, 0.5) is 18.3 Å². The SMILES string of the molecule is CC(C)Nc1nc(COCC(F)(F)F)ns1. The van der Waals surface area contributed by atoms with Gasteiger partial charge in [-0.15, -0.1) is 0 Å². The van der Waals surface area contributed by atoms with Gasteiger partial charge < -0.3 is 10.1 Å². The molecule has 0 atom stereocenters. The fourth-order valence-corrected chi connectivity index (χ4v) is 1.60. The highest BCUT2D eigenvalue weighted by Crippen LogP contribution is 2.16. The number of alkyl halides is 3. The molecule has 16 heavy (non-hydrogen) atoms. The molecule has 1 N–H and O–H groups in total. The summed E-state index contributed by atoms with van der Waals surface area (Å²) in [7, 11) is 0. The van der Waals surface area contributed by atoms with Crippen molar-refractivity contribution in [1.82, 2.24) is 9.36 Å². The predicted molar refractivity (Wildman–Crippen MR) is 54.4 cm³/mol. The van der Waals surface area contributed by atoms with Crippen LogP contribution >= 0.6 is 11.5 Å². The van der Waals surface area contributed by atoms with E-state index in [2.05, 4.69) is 19.4 Å². The van der Waals surface area contributed by atoms with Crippen LogP contribution < -0.4 is 5.32 Å². The second-order valence-electron chi connectivity index (χ2n) is 3.42. The van der Waals surface area contributed by atoms with Crippen LogP contribution in [0.5, 0.6) is 0 Å². The topological polar surface area (TPSA) is 47.0 Å². The zero-order chi connectivity index (χ0) is 12.2. The third kappa shape index (κ3) is 5.26. The van der Waals surface area contributed by atoms with E-state index in [0.29, 0.717) is 5.13 Å². The Morgan fingerprint density at radius 3 is 2.69 bits per heavy atom. The summed E-state index contributed by atoms with van der Waals surface area (Å²) in [5.41, 5.74) is 0. The zero-order valence-electron chi connectivity index (χ0n) is 8.84. The molecule has 1 aromatic heterocycles. The fraction of sp³-hybridized carbons (Fsp3) is 0.750. The van der Waals surface area contributed by atoms with Crippen molar-refractivity contribution < 1.29 is 17.9 Å². The molecule has 0 spiro atoms. The number of nitrogens with one attached hydrogen (secondary N) is 1. The van der Waals surface area contributed by atoms with Crippen molar-refractivity contribution in [3.05, 3.63) is 5.82 Å². The number of ether oxygens (including phenoxy) is 1. The minimum atomic E-state index is -4.31. The van der Waals surface area contributed by atoms with E-state index in [4.69, 9.17) is 0 Å². The van der Waals surface area contributed by atoms with Crippen LogP contribution in [0.15, 0.2) is 0 Å². The number of hydrogen-bond donors (Lipinski definition) is 1. The molecule has 0 fully saturated rings. The van der Waals surface area contributed by atoms with Crippen LogP contribution in [0.25, 0.3) is 0 Å². The van der Waals surface area contributed by atoms with Crippen LogP contribution in [-0.2, 0) is 11.3 Å².